The lowest BCUT2D eigenvalue weighted by Gasteiger charge is -2.54. The number of benzene rings is 1. The van der Waals surface area contributed by atoms with Gasteiger partial charge in [0, 0.05) is 12.5 Å². The van der Waals surface area contributed by atoms with Crippen molar-refractivity contribution in [3.8, 4) is 0 Å². The molecule has 0 atom stereocenters. The summed E-state index contributed by atoms with van der Waals surface area (Å²) in [4.78, 5) is 17.2. The minimum Gasteiger partial charge on any atom is -0.353 e. The Hall–Kier alpha value is -1.42. The van der Waals surface area contributed by atoms with Crippen LogP contribution in [0.5, 0.6) is 0 Å². The van der Waals surface area contributed by atoms with E-state index in [0.29, 0.717) is 12.5 Å². The average molecular weight is 369 g/mol. The number of unbranched alkanes of at least 4 members (excludes halogenated alkanes) is 1. The minimum absolute atomic E-state index is 0.284. The number of rotatable bonds is 6. The smallest absolute Gasteiger partial charge is 0.220 e. The summed E-state index contributed by atoms with van der Waals surface area (Å²) < 4.78 is 1.27. The SMILES string of the molecule is O=C(CCCCc1nc2ccccc2s1)NC1C2CC3CC(C2)CC1C3. The molecule has 4 fully saturated rings. The minimum atomic E-state index is 0.284. The summed E-state index contributed by atoms with van der Waals surface area (Å²) in [5, 5.41) is 4.63. The molecule has 4 heteroatoms. The maximum Gasteiger partial charge on any atom is 0.220 e. The number of hydrogen-bond acceptors (Lipinski definition) is 3. The van der Waals surface area contributed by atoms with Gasteiger partial charge in [-0.3, -0.25) is 4.79 Å². The summed E-state index contributed by atoms with van der Waals surface area (Å²) in [6.45, 7) is 0. The molecule has 138 valence electrons. The second kappa shape index (κ2) is 6.95. The highest BCUT2D eigenvalue weighted by Gasteiger charge is 2.48. The molecular weight excluding hydrogens is 340 g/mol. The van der Waals surface area contributed by atoms with Gasteiger partial charge in [-0.15, -0.1) is 11.3 Å². The van der Waals surface area contributed by atoms with Gasteiger partial charge < -0.3 is 5.32 Å². The third-order valence-electron chi connectivity index (χ3n) is 6.94. The zero-order valence-corrected chi connectivity index (χ0v) is 16.1. The summed E-state index contributed by atoms with van der Waals surface area (Å²) in [6.07, 6.45) is 10.6. The normalized spacial score (nSPS) is 32.2. The first-order chi connectivity index (χ1) is 12.7. The number of nitrogens with zero attached hydrogens (tertiary/aromatic N) is 1. The van der Waals surface area contributed by atoms with Crippen molar-refractivity contribution in [1.82, 2.24) is 10.3 Å². The number of aromatic nitrogens is 1. The van der Waals surface area contributed by atoms with Crippen LogP contribution >= 0.6 is 11.3 Å². The van der Waals surface area contributed by atoms with Crippen LogP contribution in [0.15, 0.2) is 24.3 Å². The van der Waals surface area contributed by atoms with Crippen molar-refractivity contribution in [3.05, 3.63) is 29.3 Å². The zero-order valence-electron chi connectivity index (χ0n) is 15.3. The number of aryl methyl sites for hydroxylation is 1. The Balaban J connectivity index is 1.08. The van der Waals surface area contributed by atoms with E-state index in [1.165, 1.54) is 41.8 Å². The van der Waals surface area contributed by atoms with Crippen LogP contribution in [0.3, 0.4) is 0 Å². The molecule has 4 saturated carbocycles. The number of carbonyl (C=O) groups is 1. The van der Waals surface area contributed by atoms with Crippen LogP contribution in [0, 0.1) is 23.7 Å². The van der Waals surface area contributed by atoms with Gasteiger partial charge >= 0.3 is 0 Å². The van der Waals surface area contributed by atoms with E-state index in [0.717, 1.165) is 48.5 Å². The fourth-order valence-corrected chi connectivity index (χ4v) is 7.02. The largest absolute Gasteiger partial charge is 0.353 e. The fraction of sp³-hybridized carbons (Fsp3) is 0.636. The number of thiazole rings is 1. The third-order valence-corrected chi connectivity index (χ3v) is 8.03. The van der Waals surface area contributed by atoms with Crippen molar-refractivity contribution in [2.45, 2.75) is 63.8 Å². The standard InChI is InChI=1S/C22H28N2OS/c25-20(24-22-16-10-14-9-15(12-16)13-17(22)11-14)7-3-4-8-21-23-18-5-1-2-6-19(18)26-21/h1-2,5-6,14-17,22H,3-4,7-13H2,(H,24,25). The van der Waals surface area contributed by atoms with Gasteiger partial charge in [0.1, 0.15) is 0 Å². The molecule has 4 aliphatic carbocycles. The number of hydrogen-bond donors (Lipinski definition) is 1. The van der Waals surface area contributed by atoms with Crippen LogP contribution in [0.1, 0.15) is 56.4 Å². The fourth-order valence-electron chi connectivity index (χ4n) is 6.01. The van der Waals surface area contributed by atoms with Gasteiger partial charge in [-0.2, -0.15) is 0 Å². The Morgan fingerprint density at radius 3 is 2.50 bits per heavy atom. The highest BCUT2D eigenvalue weighted by atomic mass is 32.1. The first-order valence-electron chi connectivity index (χ1n) is 10.4. The van der Waals surface area contributed by atoms with E-state index in [1.807, 2.05) is 6.07 Å². The van der Waals surface area contributed by atoms with Gasteiger partial charge in [-0.05, 0) is 87.2 Å². The quantitative estimate of drug-likeness (QED) is 0.733. The molecule has 2 aromatic rings. The second-order valence-electron chi connectivity index (χ2n) is 8.81. The van der Waals surface area contributed by atoms with Crippen molar-refractivity contribution in [1.29, 1.82) is 0 Å². The van der Waals surface area contributed by atoms with Gasteiger partial charge in [-0.1, -0.05) is 12.1 Å². The summed E-state index contributed by atoms with van der Waals surface area (Å²) in [6, 6.07) is 8.81. The molecule has 0 saturated heterocycles. The molecule has 4 aliphatic rings. The molecule has 0 spiro atoms. The Bertz CT molecular complexity index is 737. The molecule has 3 nitrogen and oxygen atoms in total. The first kappa shape index (κ1) is 16.7. The first-order valence-corrected chi connectivity index (χ1v) is 11.2. The predicted molar refractivity (Wildman–Crippen MR) is 106 cm³/mol. The van der Waals surface area contributed by atoms with Crippen molar-refractivity contribution >= 4 is 27.5 Å². The van der Waals surface area contributed by atoms with E-state index in [-0.39, 0.29) is 5.91 Å². The molecule has 0 aliphatic heterocycles. The van der Waals surface area contributed by atoms with Crippen LogP contribution in [-0.2, 0) is 11.2 Å². The zero-order chi connectivity index (χ0) is 17.5. The Morgan fingerprint density at radius 1 is 1.04 bits per heavy atom. The van der Waals surface area contributed by atoms with Gasteiger partial charge in [0.15, 0.2) is 0 Å². The maximum atomic E-state index is 12.5. The lowest BCUT2D eigenvalue weighted by atomic mass is 9.54. The monoisotopic (exact) mass is 368 g/mol. The molecule has 1 aromatic carbocycles. The molecule has 6 rings (SSSR count). The average Bonchev–Trinajstić information content (AvgIpc) is 3.04. The molecule has 1 N–H and O–H groups in total. The van der Waals surface area contributed by atoms with Crippen LogP contribution in [0.2, 0.25) is 0 Å². The highest BCUT2D eigenvalue weighted by molar-refractivity contribution is 7.18. The maximum absolute atomic E-state index is 12.5. The number of nitrogens with one attached hydrogen (secondary N) is 1. The van der Waals surface area contributed by atoms with E-state index in [9.17, 15) is 4.79 Å². The van der Waals surface area contributed by atoms with Gasteiger partial charge in [0.05, 0.1) is 15.2 Å². The van der Waals surface area contributed by atoms with Crippen LogP contribution in [0.25, 0.3) is 10.2 Å². The molecule has 4 bridgehead atoms. The van der Waals surface area contributed by atoms with E-state index < -0.39 is 0 Å². The topological polar surface area (TPSA) is 42.0 Å². The van der Waals surface area contributed by atoms with Crippen molar-refractivity contribution in [2.75, 3.05) is 0 Å². The van der Waals surface area contributed by atoms with Crippen LogP contribution in [0.4, 0.5) is 0 Å². The molecule has 0 unspecified atom stereocenters. The summed E-state index contributed by atoms with van der Waals surface area (Å²) in [7, 11) is 0. The van der Waals surface area contributed by atoms with Gasteiger partial charge in [-0.25, -0.2) is 4.98 Å². The van der Waals surface area contributed by atoms with E-state index in [4.69, 9.17) is 4.98 Å². The summed E-state index contributed by atoms with van der Waals surface area (Å²) in [5.74, 6) is 3.78. The molecule has 1 aromatic heterocycles. The van der Waals surface area contributed by atoms with Crippen molar-refractivity contribution in [2.24, 2.45) is 23.7 Å². The van der Waals surface area contributed by atoms with E-state index >= 15 is 0 Å². The van der Waals surface area contributed by atoms with Crippen molar-refractivity contribution in [3.63, 3.8) is 0 Å². The number of amides is 1. The Morgan fingerprint density at radius 2 is 1.77 bits per heavy atom. The van der Waals surface area contributed by atoms with Crippen LogP contribution in [-0.4, -0.2) is 16.9 Å². The number of para-hydroxylation sites is 1. The van der Waals surface area contributed by atoms with E-state index in [2.05, 4.69) is 23.5 Å². The van der Waals surface area contributed by atoms with Crippen molar-refractivity contribution < 1.29 is 4.79 Å². The molecule has 26 heavy (non-hydrogen) atoms. The lowest BCUT2D eigenvalue weighted by Crippen LogP contribution is -2.55. The molecular formula is C22H28N2OS. The number of carbonyl (C=O) groups excluding carboxylic acids is 1. The van der Waals surface area contributed by atoms with Crippen LogP contribution < -0.4 is 5.32 Å². The molecule has 1 amide bonds. The summed E-state index contributed by atoms with van der Waals surface area (Å²) >= 11 is 1.79. The Kier molecular flexibility index (Phi) is 4.48. The number of fused-ring (bicyclic) bond motifs is 1. The van der Waals surface area contributed by atoms with Gasteiger partial charge in [0.25, 0.3) is 0 Å². The third kappa shape index (κ3) is 3.28. The second-order valence-corrected chi connectivity index (χ2v) is 9.92. The Labute approximate surface area is 159 Å². The molecule has 0 radical (unpaired) electrons. The molecule has 1 heterocycles. The summed E-state index contributed by atoms with van der Waals surface area (Å²) in [5.41, 5.74) is 1.10. The lowest BCUT2D eigenvalue weighted by molar-refractivity contribution is -0.125. The van der Waals surface area contributed by atoms with E-state index in [1.54, 1.807) is 11.3 Å². The van der Waals surface area contributed by atoms with Gasteiger partial charge in [0.2, 0.25) is 5.91 Å². The highest BCUT2D eigenvalue weighted by Crippen LogP contribution is 2.53. The predicted octanol–water partition coefficient (Wildman–Crippen LogP) is 4.95.